The third-order valence-corrected chi connectivity index (χ3v) is 4.18. The van der Waals surface area contributed by atoms with Gasteiger partial charge in [0.1, 0.15) is 11.5 Å². The third kappa shape index (κ3) is 3.16. The molecule has 0 spiro atoms. The van der Waals surface area contributed by atoms with Crippen LogP contribution in [0.4, 0.5) is 0 Å². The Morgan fingerprint density at radius 2 is 2.14 bits per heavy atom. The Morgan fingerprint density at radius 1 is 1.27 bits per heavy atom. The number of likely N-dealkylation sites (tertiary alicyclic amines) is 1. The van der Waals surface area contributed by atoms with Gasteiger partial charge in [0.25, 0.3) is 5.91 Å². The minimum atomic E-state index is -0.0143. The predicted octanol–water partition coefficient (Wildman–Crippen LogP) is 1.84. The van der Waals surface area contributed by atoms with Crippen LogP contribution in [0.15, 0.2) is 24.8 Å². The molecule has 2 aromatic heterocycles. The molecule has 0 aliphatic carbocycles. The van der Waals surface area contributed by atoms with Gasteiger partial charge in [-0.1, -0.05) is 0 Å². The summed E-state index contributed by atoms with van der Waals surface area (Å²) in [6.07, 6.45) is 9.21. The summed E-state index contributed by atoms with van der Waals surface area (Å²) in [6, 6.07) is 0. The fraction of sp³-hybridized carbons (Fsp3) is 0.500. The Bertz CT molecular complexity index is 649. The van der Waals surface area contributed by atoms with Gasteiger partial charge >= 0.3 is 0 Å². The second kappa shape index (κ2) is 6.25. The van der Waals surface area contributed by atoms with Crippen LogP contribution in [0, 0.1) is 19.8 Å². The van der Waals surface area contributed by atoms with Crippen LogP contribution in [0.5, 0.6) is 0 Å². The quantitative estimate of drug-likeness (QED) is 0.867. The molecule has 1 fully saturated rings. The zero-order valence-corrected chi connectivity index (χ0v) is 13.1. The number of rotatable bonds is 3. The number of imidazole rings is 1. The summed E-state index contributed by atoms with van der Waals surface area (Å²) in [5, 5.41) is 0. The predicted molar refractivity (Wildman–Crippen MR) is 82.4 cm³/mol. The van der Waals surface area contributed by atoms with Crippen LogP contribution in [-0.2, 0) is 6.54 Å². The van der Waals surface area contributed by atoms with E-state index in [1.165, 1.54) is 0 Å². The number of aromatic nitrogens is 4. The number of piperidine rings is 1. The highest BCUT2D eigenvalue weighted by Crippen LogP contribution is 2.20. The second-order valence-corrected chi connectivity index (χ2v) is 5.93. The van der Waals surface area contributed by atoms with Crippen LogP contribution in [0.1, 0.15) is 34.8 Å². The molecule has 0 saturated carbocycles. The topological polar surface area (TPSA) is 63.9 Å². The van der Waals surface area contributed by atoms with Gasteiger partial charge in [-0.25, -0.2) is 9.97 Å². The van der Waals surface area contributed by atoms with Crippen LogP contribution < -0.4 is 0 Å². The van der Waals surface area contributed by atoms with Crippen molar-refractivity contribution in [1.82, 2.24) is 24.4 Å². The fourth-order valence-electron chi connectivity index (χ4n) is 2.94. The van der Waals surface area contributed by atoms with E-state index < -0.39 is 0 Å². The standard InChI is InChI=1S/C16H21N5O/c1-12-8-19-15(9-18-12)16(22)21-6-3-4-14(11-21)10-20-7-5-17-13(20)2/h5,7-9,14H,3-4,6,10-11H2,1-2H3. The molecule has 0 radical (unpaired) electrons. The van der Waals surface area contributed by atoms with Crippen molar-refractivity contribution < 1.29 is 4.79 Å². The van der Waals surface area contributed by atoms with Gasteiger partial charge in [-0.3, -0.25) is 9.78 Å². The van der Waals surface area contributed by atoms with Crippen LogP contribution >= 0.6 is 0 Å². The number of carbonyl (C=O) groups excluding carboxylic acids is 1. The normalized spacial score (nSPS) is 18.5. The molecule has 1 unspecified atom stereocenters. The largest absolute Gasteiger partial charge is 0.337 e. The molecule has 1 atom stereocenters. The van der Waals surface area contributed by atoms with E-state index in [-0.39, 0.29) is 5.91 Å². The lowest BCUT2D eigenvalue weighted by atomic mass is 9.97. The number of hydrogen-bond donors (Lipinski definition) is 0. The molecule has 1 aliphatic heterocycles. The maximum Gasteiger partial charge on any atom is 0.274 e. The molecule has 0 bridgehead atoms. The number of hydrogen-bond acceptors (Lipinski definition) is 4. The molecule has 3 heterocycles. The maximum absolute atomic E-state index is 12.5. The Labute approximate surface area is 130 Å². The molecule has 1 amide bonds. The van der Waals surface area contributed by atoms with Gasteiger partial charge in [0.2, 0.25) is 0 Å². The highest BCUT2D eigenvalue weighted by Gasteiger charge is 2.25. The lowest BCUT2D eigenvalue weighted by molar-refractivity contribution is 0.0655. The van der Waals surface area contributed by atoms with Crippen LogP contribution in [0.2, 0.25) is 0 Å². The fourth-order valence-corrected chi connectivity index (χ4v) is 2.94. The molecular formula is C16H21N5O. The number of nitrogens with zero attached hydrogens (tertiary/aromatic N) is 5. The van der Waals surface area contributed by atoms with E-state index in [4.69, 9.17) is 0 Å². The van der Waals surface area contributed by atoms with E-state index in [0.29, 0.717) is 11.6 Å². The SMILES string of the molecule is Cc1cnc(C(=O)N2CCCC(Cn3ccnc3C)C2)cn1. The summed E-state index contributed by atoms with van der Waals surface area (Å²) >= 11 is 0. The van der Waals surface area contributed by atoms with Gasteiger partial charge in [0, 0.05) is 38.2 Å². The first kappa shape index (κ1) is 14.7. The summed E-state index contributed by atoms with van der Waals surface area (Å²) in [5.74, 6) is 1.47. The van der Waals surface area contributed by atoms with E-state index in [1.54, 1.807) is 12.4 Å². The molecular weight excluding hydrogens is 278 g/mol. The van der Waals surface area contributed by atoms with Crippen LogP contribution in [0.25, 0.3) is 0 Å². The van der Waals surface area contributed by atoms with Crippen LogP contribution in [-0.4, -0.2) is 43.4 Å². The monoisotopic (exact) mass is 299 g/mol. The van der Waals surface area contributed by atoms with E-state index >= 15 is 0 Å². The van der Waals surface area contributed by atoms with Crippen molar-refractivity contribution in [3.05, 3.63) is 42.0 Å². The van der Waals surface area contributed by atoms with Gasteiger partial charge in [0.15, 0.2) is 0 Å². The molecule has 3 rings (SSSR count). The average Bonchev–Trinajstić information content (AvgIpc) is 2.93. The summed E-state index contributed by atoms with van der Waals surface area (Å²) < 4.78 is 2.16. The molecule has 2 aromatic rings. The molecule has 1 saturated heterocycles. The lowest BCUT2D eigenvalue weighted by Crippen LogP contribution is -2.41. The van der Waals surface area contributed by atoms with E-state index in [1.807, 2.05) is 31.1 Å². The minimum absolute atomic E-state index is 0.0143. The molecule has 0 aromatic carbocycles. The van der Waals surface area contributed by atoms with Gasteiger partial charge in [-0.05, 0) is 32.6 Å². The lowest BCUT2D eigenvalue weighted by Gasteiger charge is -2.32. The summed E-state index contributed by atoms with van der Waals surface area (Å²) in [7, 11) is 0. The van der Waals surface area contributed by atoms with Crippen molar-refractivity contribution in [2.75, 3.05) is 13.1 Å². The Balaban J connectivity index is 1.66. The van der Waals surface area contributed by atoms with E-state index in [2.05, 4.69) is 19.5 Å². The Hall–Kier alpha value is -2.24. The Kier molecular flexibility index (Phi) is 4.18. The molecule has 6 heteroatoms. The van der Waals surface area contributed by atoms with Crippen molar-refractivity contribution in [3.8, 4) is 0 Å². The van der Waals surface area contributed by atoms with Crippen molar-refractivity contribution in [3.63, 3.8) is 0 Å². The first-order chi connectivity index (χ1) is 10.6. The summed E-state index contributed by atoms with van der Waals surface area (Å²) in [6.45, 7) is 6.36. The van der Waals surface area contributed by atoms with Crippen LogP contribution in [0.3, 0.4) is 0 Å². The molecule has 0 N–H and O–H groups in total. The first-order valence-corrected chi connectivity index (χ1v) is 7.69. The van der Waals surface area contributed by atoms with E-state index in [9.17, 15) is 4.79 Å². The third-order valence-electron chi connectivity index (χ3n) is 4.18. The number of carbonyl (C=O) groups is 1. The van der Waals surface area contributed by atoms with Crippen molar-refractivity contribution in [2.45, 2.75) is 33.2 Å². The highest BCUT2D eigenvalue weighted by atomic mass is 16.2. The second-order valence-electron chi connectivity index (χ2n) is 5.93. The molecule has 22 heavy (non-hydrogen) atoms. The smallest absolute Gasteiger partial charge is 0.274 e. The zero-order chi connectivity index (χ0) is 15.5. The molecule has 1 aliphatic rings. The number of aryl methyl sites for hydroxylation is 2. The van der Waals surface area contributed by atoms with Gasteiger partial charge in [-0.15, -0.1) is 0 Å². The Morgan fingerprint density at radius 3 is 2.82 bits per heavy atom. The highest BCUT2D eigenvalue weighted by molar-refractivity contribution is 5.92. The van der Waals surface area contributed by atoms with E-state index in [0.717, 1.165) is 44.0 Å². The summed E-state index contributed by atoms with van der Waals surface area (Å²) in [4.78, 5) is 27.1. The minimum Gasteiger partial charge on any atom is -0.337 e. The van der Waals surface area contributed by atoms with Crippen molar-refractivity contribution in [1.29, 1.82) is 0 Å². The van der Waals surface area contributed by atoms with Crippen molar-refractivity contribution in [2.24, 2.45) is 5.92 Å². The average molecular weight is 299 g/mol. The van der Waals surface area contributed by atoms with Gasteiger partial charge in [0.05, 0.1) is 11.9 Å². The maximum atomic E-state index is 12.5. The molecule has 116 valence electrons. The first-order valence-electron chi connectivity index (χ1n) is 7.69. The van der Waals surface area contributed by atoms with Crippen molar-refractivity contribution >= 4 is 5.91 Å². The zero-order valence-electron chi connectivity index (χ0n) is 13.1. The summed E-state index contributed by atoms with van der Waals surface area (Å²) in [5.41, 5.74) is 1.26. The number of amides is 1. The van der Waals surface area contributed by atoms with Gasteiger partial charge < -0.3 is 9.47 Å². The van der Waals surface area contributed by atoms with Gasteiger partial charge in [-0.2, -0.15) is 0 Å². The molecule has 6 nitrogen and oxygen atoms in total.